The lowest BCUT2D eigenvalue weighted by Crippen LogP contribution is -2.56. The monoisotopic (exact) mass is 290 g/mol. The van der Waals surface area contributed by atoms with Crippen LogP contribution in [0.4, 0.5) is 0 Å². The van der Waals surface area contributed by atoms with Gasteiger partial charge < -0.3 is 14.3 Å². The molecule has 2 aliphatic heterocycles. The third-order valence-electron chi connectivity index (χ3n) is 5.41. The van der Waals surface area contributed by atoms with E-state index in [-0.39, 0.29) is 6.10 Å². The van der Waals surface area contributed by atoms with Crippen LogP contribution >= 0.6 is 0 Å². The molecular formula is C17H24NO3+. The van der Waals surface area contributed by atoms with Gasteiger partial charge in [0.25, 0.3) is 0 Å². The third kappa shape index (κ3) is 2.70. The molecule has 1 aromatic carbocycles. The predicted octanol–water partition coefficient (Wildman–Crippen LogP) is 2.03. The SMILES string of the molecule is C[N+]1(C)[C@H]2CC[C@H]1CC(OC(=O)C(O)c1ccccc1)C2. The molecule has 1 unspecified atom stereocenters. The fourth-order valence-corrected chi connectivity index (χ4v) is 3.93. The Bertz CT molecular complexity index is 498. The van der Waals surface area contributed by atoms with Gasteiger partial charge in [0.2, 0.25) is 0 Å². The molecule has 0 radical (unpaired) electrons. The summed E-state index contributed by atoms with van der Waals surface area (Å²) < 4.78 is 6.63. The summed E-state index contributed by atoms with van der Waals surface area (Å²) in [7, 11) is 4.55. The number of hydrogen-bond acceptors (Lipinski definition) is 3. The molecule has 0 aromatic heterocycles. The van der Waals surface area contributed by atoms with Gasteiger partial charge in [-0.25, -0.2) is 4.79 Å². The minimum absolute atomic E-state index is 0.0421. The summed E-state index contributed by atoms with van der Waals surface area (Å²) in [6.07, 6.45) is 3.04. The first-order chi connectivity index (χ1) is 9.98. The first-order valence-electron chi connectivity index (χ1n) is 7.75. The molecule has 4 heteroatoms. The van der Waals surface area contributed by atoms with Gasteiger partial charge in [0.05, 0.1) is 26.2 Å². The van der Waals surface area contributed by atoms with Crippen LogP contribution in [0.2, 0.25) is 0 Å². The molecule has 21 heavy (non-hydrogen) atoms. The van der Waals surface area contributed by atoms with Gasteiger partial charge in [-0.3, -0.25) is 0 Å². The first-order valence-corrected chi connectivity index (χ1v) is 7.75. The highest BCUT2D eigenvalue weighted by Gasteiger charge is 2.50. The maximum absolute atomic E-state index is 12.1. The van der Waals surface area contributed by atoms with Crippen molar-refractivity contribution in [1.29, 1.82) is 0 Å². The highest BCUT2D eigenvalue weighted by molar-refractivity contribution is 5.76. The largest absolute Gasteiger partial charge is 0.460 e. The Morgan fingerprint density at radius 3 is 2.33 bits per heavy atom. The Labute approximate surface area is 125 Å². The van der Waals surface area contributed by atoms with Crippen molar-refractivity contribution in [3.8, 4) is 0 Å². The molecule has 2 bridgehead atoms. The number of fused-ring (bicyclic) bond motifs is 2. The van der Waals surface area contributed by atoms with Crippen LogP contribution in [0.5, 0.6) is 0 Å². The number of nitrogens with zero attached hydrogens (tertiary/aromatic N) is 1. The number of benzene rings is 1. The average Bonchev–Trinajstić information content (AvgIpc) is 2.67. The van der Waals surface area contributed by atoms with Crippen LogP contribution in [-0.2, 0) is 9.53 Å². The first kappa shape index (κ1) is 14.5. The number of aliphatic hydroxyl groups is 1. The molecule has 3 atom stereocenters. The van der Waals surface area contributed by atoms with E-state index in [0.29, 0.717) is 17.6 Å². The highest BCUT2D eigenvalue weighted by Crippen LogP contribution is 2.40. The molecule has 0 saturated carbocycles. The van der Waals surface area contributed by atoms with E-state index < -0.39 is 12.1 Å². The molecule has 2 saturated heterocycles. The van der Waals surface area contributed by atoms with Crippen LogP contribution < -0.4 is 0 Å². The number of ether oxygens (including phenoxy) is 1. The summed E-state index contributed by atoms with van der Waals surface area (Å²) in [6, 6.07) is 10.1. The lowest BCUT2D eigenvalue weighted by Gasteiger charge is -2.43. The van der Waals surface area contributed by atoms with Crippen LogP contribution in [0.1, 0.15) is 37.4 Å². The lowest BCUT2D eigenvalue weighted by molar-refractivity contribution is -0.931. The van der Waals surface area contributed by atoms with Crippen LogP contribution in [0.15, 0.2) is 30.3 Å². The van der Waals surface area contributed by atoms with E-state index in [0.717, 1.165) is 17.3 Å². The fraction of sp³-hybridized carbons (Fsp3) is 0.588. The molecule has 2 aliphatic rings. The van der Waals surface area contributed by atoms with Crippen molar-refractivity contribution in [3.63, 3.8) is 0 Å². The van der Waals surface area contributed by atoms with E-state index in [1.54, 1.807) is 12.1 Å². The number of esters is 1. The van der Waals surface area contributed by atoms with E-state index in [9.17, 15) is 9.90 Å². The van der Waals surface area contributed by atoms with E-state index in [2.05, 4.69) is 14.1 Å². The Morgan fingerprint density at radius 1 is 1.19 bits per heavy atom. The van der Waals surface area contributed by atoms with Crippen molar-refractivity contribution in [2.75, 3.05) is 14.1 Å². The van der Waals surface area contributed by atoms with Crippen molar-refractivity contribution >= 4 is 5.97 Å². The Kier molecular flexibility index (Phi) is 3.76. The van der Waals surface area contributed by atoms with Gasteiger partial charge in [-0.2, -0.15) is 0 Å². The molecular weight excluding hydrogens is 266 g/mol. The molecule has 3 rings (SSSR count). The molecule has 0 aliphatic carbocycles. The minimum Gasteiger partial charge on any atom is -0.460 e. The number of rotatable bonds is 3. The number of quaternary nitrogens is 1. The van der Waals surface area contributed by atoms with Crippen LogP contribution in [0, 0.1) is 0 Å². The summed E-state index contributed by atoms with van der Waals surface area (Å²) in [6.45, 7) is 0. The van der Waals surface area contributed by atoms with Crippen LogP contribution in [0.3, 0.4) is 0 Å². The predicted molar refractivity (Wildman–Crippen MR) is 79.4 cm³/mol. The topological polar surface area (TPSA) is 46.5 Å². The molecule has 114 valence electrons. The standard InChI is InChI=1S/C17H24NO3/c1-18(2)13-8-9-14(18)11-15(10-13)21-17(20)16(19)12-6-4-3-5-7-12/h3-7,13-16,19H,8-11H2,1-2H3/q+1/t13-,14-,16?/m0/s1. The van der Waals surface area contributed by atoms with Gasteiger partial charge in [-0.1, -0.05) is 30.3 Å². The summed E-state index contributed by atoms with van der Waals surface area (Å²) >= 11 is 0. The maximum Gasteiger partial charge on any atom is 0.339 e. The zero-order valence-electron chi connectivity index (χ0n) is 12.7. The number of carbonyl (C=O) groups excluding carboxylic acids is 1. The average molecular weight is 290 g/mol. The van der Waals surface area contributed by atoms with Crippen LogP contribution in [0.25, 0.3) is 0 Å². The smallest absolute Gasteiger partial charge is 0.339 e. The maximum atomic E-state index is 12.1. The number of aliphatic hydroxyl groups excluding tert-OH is 1. The van der Waals surface area contributed by atoms with E-state index in [4.69, 9.17) is 4.74 Å². The van der Waals surface area contributed by atoms with Gasteiger partial charge in [-0.05, 0) is 5.56 Å². The summed E-state index contributed by atoms with van der Waals surface area (Å²) in [5.74, 6) is -0.516. The lowest BCUT2D eigenvalue weighted by atomic mass is 9.97. The normalized spacial score (nSPS) is 31.7. The zero-order chi connectivity index (χ0) is 15.0. The summed E-state index contributed by atoms with van der Waals surface area (Å²) in [5.41, 5.74) is 0.595. The van der Waals surface area contributed by atoms with Crippen molar-refractivity contribution in [2.45, 2.75) is 50.0 Å². The van der Waals surface area contributed by atoms with Gasteiger partial charge in [0, 0.05) is 25.7 Å². The van der Waals surface area contributed by atoms with Gasteiger partial charge in [0.1, 0.15) is 6.10 Å². The van der Waals surface area contributed by atoms with Gasteiger partial charge in [-0.15, -0.1) is 0 Å². The van der Waals surface area contributed by atoms with Crippen molar-refractivity contribution in [3.05, 3.63) is 35.9 Å². The van der Waals surface area contributed by atoms with E-state index >= 15 is 0 Å². The van der Waals surface area contributed by atoms with Gasteiger partial charge in [0.15, 0.2) is 6.10 Å². The van der Waals surface area contributed by atoms with Crippen molar-refractivity contribution in [2.24, 2.45) is 0 Å². The fourth-order valence-electron chi connectivity index (χ4n) is 3.93. The van der Waals surface area contributed by atoms with Crippen molar-refractivity contribution in [1.82, 2.24) is 0 Å². The number of piperidine rings is 1. The van der Waals surface area contributed by atoms with Gasteiger partial charge >= 0.3 is 5.97 Å². The number of carbonyl (C=O) groups is 1. The van der Waals surface area contributed by atoms with Crippen LogP contribution in [-0.4, -0.2) is 47.8 Å². The molecule has 2 fully saturated rings. The Morgan fingerprint density at radius 2 is 1.76 bits per heavy atom. The second-order valence-electron chi connectivity index (χ2n) is 6.86. The molecule has 0 amide bonds. The van der Waals surface area contributed by atoms with Crippen molar-refractivity contribution < 1.29 is 19.1 Å². The molecule has 2 heterocycles. The summed E-state index contributed by atoms with van der Waals surface area (Å²) in [4.78, 5) is 12.1. The number of hydrogen-bond donors (Lipinski definition) is 1. The third-order valence-corrected chi connectivity index (χ3v) is 5.41. The van der Waals surface area contributed by atoms with E-state index in [1.807, 2.05) is 18.2 Å². The molecule has 1 N–H and O–H groups in total. The molecule has 1 aromatic rings. The molecule has 4 nitrogen and oxygen atoms in total. The summed E-state index contributed by atoms with van der Waals surface area (Å²) in [5, 5.41) is 10.1. The van der Waals surface area contributed by atoms with E-state index in [1.165, 1.54) is 12.8 Å². The Hall–Kier alpha value is -1.39. The highest BCUT2D eigenvalue weighted by atomic mass is 16.6. The minimum atomic E-state index is -1.17. The Balaban J connectivity index is 1.62. The second-order valence-corrected chi connectivity index (χ2v) is 6.86. The zero-order valence-corrected chi connectivity index (χ0v) is 12.7. The quantitative estimate of drug-likeness (QED) is 0.684. The second kappa shape index (κ2) is 5.43. The molecule has 0 spiro atoms.